The molecule has 1 unspecified atom stereocenters. The van der Waals surface area contributed by atoms with E-state index in [4.69, 9.17) is 5.73 Å². The maximum absolute atomic E-state index is 12.4. The van der Waals surface area contributed by atoms with Gasteiger partial charge < -0.3 is 5.73 Å². The Kier molecular flexibility index (Phi) is 5.37. The zero-order chi connectivity index (χ0) is 13.1. The normalized spacial score (nSPS) is 24.2. The van der Waals surface area contributed by atoms with Gasteiger partial charge in [0.05, 0.1) is 0 Å². The van der Waals surface area contributed by atoms with Crippen molar-refractivity contribution in [1.82, 2.24) is 8.61 Å². The van der Waals surface area contributed by atoms with Gasteiger partial charge in [0.25, 0.3) is 10.2 Å². The highest BCUT2D eigenvalue weighted by Crippen LogP contribution is 2.21. The third-order valence-electron chi connectivity index (χ3n) is 3.48. The van der Waals surface area contributed by atoms with E-state index in [9.17, 15) is 8.42 Å². The van der Waals surface area contributed by atoms with Crippen LogP contribution in [0.25, 0.3) is 0 Å². The van der Waals surface area contributed by atoms with Crippen molar-refractivity contribution in [3.8, 4) is 0 Å². The Balaban J connectivity index is 2.93. The average molecular weight is 263 g/mol. The van der Waals surface area contributed by atoms with Gasteiger partial charge in [-0.25, -0.2) is 0 Å². The minimum absolute atomic E-state index is 0.0262. The van der Waals surface area contributed by atoms with Crippen LogP contribution in [0, 0.1) is 0 Å². The molecule has 1 saturated heterocycles. The first-order valence-electron chi connectivity index (χ1n) is 6.36. The summed E-state index contributed by atoms with van der Waals surface area (Å²) in [5, 5.41) is 0. The Morgan fingerprint density at radius 2 is 2.00 bits per heavy atom. The Morgan fingerprint density at radius 3 is 2.53 bits per heavy atom. The van der Waals surface area contributed by atoms with Crippen LogP contribution in [0.5, 0.6) is 0 Å². The number of nitrogens with zero attached hydrogens (tertiary/aromatic N) is 2. The van der Waals surface area contributed by atoms with Crippen molar-refractivity contribution < 1.29 is 8.42 Å². The molecule has 0 bridgehead atoms. The summed E-state index contributed by atoms with van der Waals surface area (Å²) in [7, 11) is -1.72. The van der Waals surface area contributed by atoms with Crippen molar-refractivity contribution in [3.63, 3.8) is 0 Å². The Labute approximate surface area is 105 Å². The summed E-state index contributed by atoms with van der Waals surface area (Å²) in [4.78, 5) is 0. The van der Waals surface area contributed by atoms with Crippen molar-refractivity contribution in [2.24, 2.45) is 5.73 Å². The summed E-state index contributed by atoms with van der Waals surface area (Å²) in [6, 6.07) is -0.0645. The molecule has 102 valence electrons. The number of rotatable bonds is 4. The second-order valence-corrected chi connectivity index (χ2v) is 6.91. The summed E-state index contributed by atoms with van der Waals surface area (Å²) in [5.74, 6) is 0. The summed E-state index contributed by atoms with van der Waals surface area (Å²) in [6.07, 6.45) is 3.97. The molecule has 5 nitrogen and oxygen atoms in total. The highest BCUT2D eigenvalue weighted by Gasteiger charge is 2.34. The number of hydrogen-bond donors (Lipinski definition) is 1. The zero-order valence-electron chi connectivity index (χ0n) is 11.1. The second kappa shape index (κ2) is 6.13. The fourth-order valence-electron chi connectivity index (χ4n) is 2.12. The second-order valence-electron chi connectivity index (χ2n) is 4.97. The Morgan fingerprint density at radius 1 is 1.35 bits per heavy atom. The van der Waals surface area contributed by atoms with Crippen LogP contribution >= 0.6 is 0 Å². The molecule has 1 rings (SSSR count). The van der Waals surface area contributed by atoms with Crippen LogP contribution in [-0.4, -0.2) is 49.2 Å². The highest BCUT2D eigenvalue weighted by atomic mass is 32.2. The van der Waals surface area contributed by atoms with Crippen molar-refractivity contribution in [3.05, 3.63) is 0 Å². The molecule has 0 spiro atoms. The lowest BCUT2D eigenvalue weighted by Crippen LogP contribution is -2.51. The van der Waals surface area contributed by atoms with E-state index in [0.717, 1.165) is 25.7 Å². The first-order chi connectivity index (χ1) is 7.91. The Bertz CT molecular complexity index is 330. The van der Waals surface area contributed by atoms with Gasteiger partial charge in [-0.15, -0.1) is 0 Å². The van der Waals surface area contributed by atoms with Gasteiger partial charge in [-0.05, 0) is 26.7 Å². The monoisotopic (exact) mass is 263 g/mol. The predicted molar refractivity (Wildman–Crippen MR) is 69.8 cm³/mol. The van der Waals surface area contributed by atoms with E-state index in [1.165, 1.54) is 4.31 Å². The van der Waals surface area contributed by atoms with Crippen LogP contribution in [0.4, 0.5) is 0 Å². The maximum Gasteiger partial charge on any atom is 0.282 e. The van der Waals surface area contributed by atoms with Crippen LogP contribution in [0.2, 0.25) is 0 Å². The lowest BCUT2D eigenvalue weighted by Gasteiger charge is -2.33. The quantitative estimate of drug-likeness (QED) is 0.815. The molecular weight excluding hydrogens is 238 g/mol. The topological polar surface area (TPSA) is 66.6 Å². The molecule has 6 heteroatoms. The van der Waals surface area contributed by atoms with E-state index in [0.29, 0.717) is 13.1 Å². The minimum Gasteiger partial charge on any atom is -0.329 e. The largest absolute Gasteiger partial charge is 0.329 e. The molecule has 0 aromatic carbocycles. The fraction of sp³-hybridized carbons (Fsp3) is 1.00. The summed E-state index contributed by atoms with van der Waals surface area (Å²) < 4.78 is 27.9. The molecule has 0 radical (unpaired) electrons. The highest BCUT2D eigenvalue weighted by molar-refractivity contribution is 7.86. The van der Waals surface area contributed by atoms with Gasteiger partial charge in [-0.3, -0.25) is 0 Å². The molecule has 0 aromatic heterocycles. The van der Waals surface area contributed by atoms with Gasteiger partial charge in [0.1, 0.15) is 0 Å². The van der Waals surface area contributed by atoms with E-state index in [1.54, 1.807) is 11.4 Å². The van der Waals surface area contributed by atoms with Gasteiger partial charge in [0.2, 0.25) is 0 Å². The fourth-order valence-corrected chi connectivity index (χ4v) is 3.91. The average Bonchev–Trinajstić information content (AvgIpc) is 2.52. The van der Waals surface area contributed by atoms with E-state index < -0.39 is 10.2 Å². The molecule has 0 aromatic rings. The minimum atomic E-state index is -3.36. The van der Waals surface area contributed by atoms with Gasteiger partial charge in [0.15, 0.2) is 0 Å². The molecule has 17 heavy (non-hydrogen) atoms. The lowest BCUT2D eigenvalue weighted by atomic mass is 10.1. The third kappa shape index (κ3) is 3.40. The van der Waals surface area contributed by atoms with E-state index in [-0.39, 0.29) is 12.1 Å². The molecule has 0 aliphatic carbocycles. The molecular formula is C11H25N3O2S. The van der Waals surface area contributed by atoms with Gasteiger partial charge in [-0.1, -0.05) is 12.8 Å². The van der Waals surface area contributed by atoms with Gasteiger partial charge in [-0.2, -0.15) is 17.0 Å². The molecule has 1 fully saturated rings. The summed E-state index contributed by atoms with van der Waals surface area (Å²) in [6.45, 7) is 4.77. The van der Waals surface area contributed by atoms with Crippen LogP contribution < -0.4 is 5.73 Å². The van der Waals surface area contributed by atoms with Crippen molar-refractivity contribution >= 4 is 10.2 Å². The lowest BCUT2D eigenvalue weighted by molar-refractivity contribution is 0.286. The molecule has 1 heterocycles. The summed E-state index contributed by atoms with van der Waals surface area (Å²) >= 11 is 0. The standard InChI is InChI=1S/C11H25N3O2S/c1-10(2)13(3)17(15,16)14-8-6-4-5-7-11(14)9-12/h10-11H,4-9,12H2,1-3H3. The molecule has 2 N–H and O–H groups in total. The predicted octanol–water partition coefficient (Wildman–Crippen LogP) is 0.775. The molecule has 0 amide bonds. The SMILES string of the molecule is CC(C)N(C)S(=O)(=O)N1CCCCCC1CN. The number of hydrogen-bond acceptors (Lipinski definition) is 3. The van der Waals surface area contributed by atoms with Crippen molar-refractivity contribution in [2.45, 2.75) is 51.6 Å². The van der Waals surface area contributed by atoms with E-state index >= 15 is 0 Å². The third-order valence-corrected chi connectivity index (χ3v) is 5.71. The first-order valence-corrected chi connectivity index (χ1v) is 7.75. The van der Waals surface area contributed by atoms with Gasteiger partial charge >= 0.3 is 0 Å². The molecule has 1 aliphatic rings. The van der Waals surface area contributed by atoms with Crippen molar-refractivity contribution in [1.29, 1.82) is 0 Å². The van der Waals surface area contributed by atoms with Crippen LogP contribution in [0.15, 0.2) is 0 Å². The Hall–Kier alpha value is -0.170. The molecule has 1 atom stereocenters. The van der Waals surface area contributed by atoms with Crippen LogP contribution in [0.3, 0.4) is 0 Å². The summed E-state index contributed by atoms with van der Waals surface area (Å²) in [5.41, 5.74) is 5.71. The van der Waals surface area contributed by atoms with Crippen LogP contribution in [-0.2, 0) is 10.2 Å². The number of nitrogens with two attached hydrogens (primary N) is 1. The van der Waals surface area contributed by atoms with Gasteiger partial charge in [0, 0.05) is 32.2 Å². The maximum atomic E-state index is 12.4. The smallest absolute Gasteiger partial charge is 0.282 e. The zero-order valence-corrected chi connectivity index (χ0v) is 11.9. The van der Waals surface area contributed by atoms with E-state index in [2.05, 4.69) is 0 Å². The van der Waals surface area contributed by atoms with Crippen LogP contribution in [0.1, 0.15) is 39.5 Å². The first kappa shape index (κ1) is 14.9. The van der Waals surface area contributed by atoms with Crippen molar-refractivity contribution in [2.75, 3.05) is 20.1 Å². The van der Waals surface area contributed by atoms with E-state index in [1.807, 2.05) is 13.8 Å². The molecule has 1 aliphatic heterocycles. The molecule has 0 saturated carbocycles.